The number of nitrogens with zero attached hydrogens (tertiary/aromatic N) is 2. The van der Waals surface area contributed by atoms with Gasteiger partial charge in [-0.05, 0) is 48.5 Å². The van der Waals surface area contributed by atoms with E-state index < -0.39 is 15.9 Å². The molecule has 152 valence electrons. The van der Waals surface area contributed by atoms with Gasteiger partial charge < -0.3 is 0 Å². The second-order valence-electron chi connectivity index (χ2n) is 6.42. The monoisotopic (exact) mass is 441 g/mol. The van der Waals surface area contributed by atoms with E-state index in [2.05, 4.69) is 10.3 Å². The van der Waals surface area contributed by atoms with Crippen molar-refractivity contribution in [1.82, 2.24) is 4.98 Å². The number of rotatable bonds is 5. The van der Waals surface area contributed by atoms with Crippen molar-refractivity contribution in [2.75, 3.05) is 16.7 Å². The molecule has 30 heavy (non-hydrogen) atoms. The van der Waals surface area contributed by atoms with Crippen LogP contribution in [0.5, 0.6) is 0 Å². The fourth-order valence-corrected chi connectivity index (χ4v) is 4.98. The van der Waals surface area contributed by atoms with Gasteiger partial charge in [0.1, 0.15) is 5.82 Å². The van der Waals surface area contributed by atoms with Gasteiger partial charge in [-0.15, -0.1) is 0 Å². The Balaban J connectivity index is 1.59. The first kappa shape index (κ1) is 20.0. The first-order valence-electron chi connectivity index (χ1n) is 8.86. The van der Waals surface area contributed by atoms with Crippen LogP contribution < -0.4 is 9.62 Å². The number of benzene rings is 3. The fraction of sp³-hybridized carbons (Fsp3) is 0.0476. The van der Waals surface area contributed by atoms with Crippen LogP contribution in [0.25, 0.3) is 10.2 Å². The molecule has 0 aliphatic heterocycles. The summed E-state index contributed by atoms with van der Waals surface area (Å²) in [5.41, 5.74) is 1.24. The highest BCUT2D eigenvalue weighted by atomic mass is 32.2. The first-order chi connectivity index (χ1) is 14.3. The predicted molar refractivity (Wildman–Crippen MR) is 116 cm³/mol. The molecule has 0 aliphatic carbocycles. The molecule has 6 nitrogen and oxygen atoms in total. The molecule has 0 bridgehead atoms. The van der Waals surface area contributed by atoms with Gasteiger partial charge in [-0.25, -0.2) is 17.8 Å². The fourth-order valence-electron chi connectivity index (χ4n) is 2.85. The number of aromatic nitrogens is 1. The molecule has 9 heteroatoms. The summed E-state index contributed by atoms with van der Waals surface area (Å²) < 4.78 is 41.0. The number of fused-ring (bicyclic) bond motifs is 1. The molecule has 0 spiro atoms. The van der Waals surface area contributed by atoms with Crippen LogP contribution in [0.15, 0.2) is 77.7 Å². The Labute approximate surface area is 176 Å². The largest absolute Gasteiger partial charge is 0.298 e. The van der Waals surface area contributed by atoms with Gasteiger partial charge in [0.15, 0.2) is 5.13 Å². The Morgan fingerprint density at radius 3 is 2.57 bits per heavy atom. The second-order valence-corrected chi connectivity index (χ2v) is 9.42. The van der Waals surface area contributed by atoms with Crippen molar-refractivity contribution < 1.29 is 17.6 Å². The molecule has 0 unspecified atom stereocenters. The van der Waals surface area contributed by atoms with E-state index in [1.54, 1.807) is 30.3 Å². The summed E-state index contributed by atoms with van der Waals surface area (Å²) in [6.45, 7) is 0. The van der Waals surface area contributed by atoms with Crippen LogP contribution in [0.3, 0.4) is 0 Å². The number of carbonyl (C=O) groups is 1. The standard InChI is InChI=1S/C21H16FN3O3S2/c1-25(16-7-3-2-4-8-16)30(27,28)17-9-5-6-14(12-17)20(26)24-21-23-18-11-10-15(22)13-19(18)29-21/h2-13H,1H3,(H,23,24,26). The van der Waals surface area contributed by atoms with Crippen molar-refractivity contribution in [1.29, 1.82) is 0 Å². The molecule has 3 aromatic carbocycles. The number of hydrogen-bond donors (Lipinski definition) is 1. The van der Waals surface area contributed by atoms with Crippen molar-refractivity contribution >= 4 is 48.3 Å². The molecule has 4 aromatic rings. The molecule has 1 N–H and O–H groups in total. The molecule has 0 atom stereocenters. The van der Waals surface area contributed by atoms with E-state index >= 15 is 0 Å². The lowest BCUT2D eigenvalue weighted by atomic mass is 10.2. The maximum Gasteiger partial charge on any atom is 0.264 e. The minimum atomic E-state index is -3.85. The summed E-state index contributed by atoms with van der Waals surface area (Å²) >= 11 is 1.14. The van der Waals surface area contributed by atoms with E-state index in [4.69, 9.17) is 0 Å². The Kier molecular flexibility index (Phi) is 5.23. The smallest absolute Gasteiger partial charge is 0.264 e. The van der Waals surface area contributed by atoms with Gasteiger partial charge in [0, 0.05) is 12.6 Å². The van der Waals surface area contributed by atoms with Crippen LogP contribution in [-0.2, 0) is 10.0 Å². The topological polar surface area (TPSA) is 79.4 Å². The number of anilines is 2. The molecular weight excluding hydrogens is 425 g/mol. The second kappa shape index (κ2) is 7.85. The SMILES string of the molecule is CN(c1ccccc1)S(=O)(=O)c1cccc(C(=O)Nc2nc3ccc(F)cc3s2)c1. The van der Waals surface area contributed by atoms with Crippen LogP contribution in [0.2, 0.25) is 0 Å². The van der Waals surface area contributed by atoms with Crippen LogP contribution in [0.4, 0.5) is 15.2 Å². The average molecular weight is 442 g/mol. The molecule has 1 amide bonds. The Hall–Kier alpha value is -3.30. The zero-order valence-electron chi connectivity index (χ0n) is 15.7. The Bertz CT molecular complexity index is 1340. The highest BCUT2D eigenvalue weighted by molar-refractivity contribution is 7.92. The third kappa shape index (κ3) is 3.89. The maximum absolute atomic E-state index is 13.3. The Morgan fingerprint density at radius 1 is 1.03 bits per heavy atom. The van der Waals surface area contributed by atoms with Crippen molar-refractivity contribution in [3.63, 3.8) is 0 Å². The van der Waals surface area contributed by atoms with Crippen LogP contribution >= 0.6 is 11.3 Å². The third-order valence-electron chi connectivity index (χ3n) is 4.45. The lowest BCUT2D eigenvalue weighted by Gasteiger charge is -2.19. The first-order valence-corrected chi connectivity index (χ1v) is 11.1. The number of hydrogen-bond acceptors (Lipinski definition) is 5. The van der Waals surface area contributed by atoms with Crippen molar-refractivity contribution in [3.8, 4) is 0 Å². The number of carbonyl (C=O) groups excluding carboxylic acids is 1. The molecule has 1 aromatic heterocycles. The zero-order chi connectivity index (χ0) is 21.3. The summed E-state index contributed by atoms with van der Waals surface area (Å²) in [6, 6.07) is 18.6. The number of para-hydroxylation sites is 1. The van der Waals surface area contributed by atoms with Gasteiger partial charge >= 0.3 is 0 Å². The van der Waals surface area contributed by atoms with Gasteiger partial charge in [0.05, 0.1) is 20.8 Å². The summed E-state index contributed by atoms with van der Waals surface area (Å²) in [6.07, 6.45) is 0. The highest BCUT2D eigenvalue weighted by Gasteiger charge is 2.22. The molecule has 4 rings (SSSR count). The summed E-state index contributed by atoms with van der Waals surface area (Å²) in [7, 11) is -2.39. The highest BCUT2D eigenvalue weighted by Crippen LogP contribution is 2.27. The summed E-state index contributed by atoms with van der Waals surface area (Å²) in [4.78, 5) is 16.9. The van der Waals surface area contributed by atoms with Gasteiger partial charge in [-0.1, -0.05) is 35.6 Å². The van der Waals surface area contributed by atoms with Gasteiger partial charge in [0.25, 0.3) is 15.9 Å². The summed E-state index contributed by atoms with van der Waals surface area (Å²) in [5, 5.41) is 2.95. The van der Waals surface area contributed by atoms with Crippen LogP contribution in [-0.4, -0.2) is 26.4 Å². The zero-order valence-corrected chi connectivity index (χ0v) is 17.4. The quantitative estimate of drug-likeness (QED) is 0.494. The van der Waals surface area contributed by atoms with Crippen LogP contribution in [0.1, 0.15) is 10.4 Å². The van der Waals surface area contributed by atoms with E-state index in [0.717, 1.165) is 15.6 Å². The van der Waals surface area contributed by atoms with Crippen molar-refractivity contribution in [2.45, 2.75) is 4.90 Å². The third-order valence-corrected chi connectivity index (χ3v) is 7.16. The predicted octanol–water partition coefficient (Wildman–Crippen LogP) is 4.51. The van der Waals surface area contributed by atoms with Gasteiger partial charge in [-0.2, -0.15) is 0 Å². The van der Waals surface area contributed by atoms with Crippen molar-refractivity contribution in [3.05, 3.63) is 84.2 Å². The summed E-state index contributed by atoms with van der Waals surface area (Å²) in [5.74, 6) is -0.890. The number of sulfonamides is 1. The molecule has 0 radical (unpaired) electrons. The van der Waals surface area contributed by atoms with E-state index in [0.29, 0.717) is 21.0 Å². The number of thiazole rings is 1. The minimum absolute atomic E-state index is 0.00660. The van der Waals surface area contributed by atoms with Crippen molar-refractivity contribution in [2.24, 2.45) is 0 Å². The normalized spacial score (nSPS) is 11.4. The van der Waals surface area contributed by atoms with E-state index in [1.807, 2.05) is 0 Å². The van der Waals surface area contributed by atoms with Gasteiger partial charge in [0.2, 0.25) is 0 Å². The maximum atomic E-state index is 13.3. The number of halogens is 1. The van der Waals surface area contributed by atoms with E-state index in [-0.39, 0.29) is 16.3 Å². The lowest BCUT2D eigenvalue weighted by molar-refractivity contribution is 0.102. The number of nitrogens with one attached hydrogen (secondary N) is 1. The molecule has 0 saturated carbocycles. The molecule has 0 saturated heterocycles. The minimum Gasteiger partial charge on any atom is -0.298 e. The molecular formula is C21H16FN3O3S2. The number of amides is 1. The molecule has 1 heterocycles. The molecule has 0 aliphatic rings. The van der Waals surface area contributed by atoms with E-state index in [1.165, 1.54) is 49.5 Å². The van der Waals surface area contributed by atoms with Gasteiger partial charge in [-0.3, -0.25) is 14.4 Å². The molecule has 0 fully saturated rings. The average Bonchev–Trinajstić information content (AvgIpc) is 3.15. The Morgan fingerprint density at radius 2 is 1.80 bits per heavy atom. The van der Waals surface area contributed by atoms with Crippen LogP contribution in [0, 0.1) is 5.82 Å². The lowest BCUT2D eigenvalue weighted by Crippen LogP contribution is -2.26. The van der Waals surface area contributed by atoms with E-state index in [9.17, 15) is 17.6 Å².